The Kier molecular flexibility index (Phi) is 3.00. The van der Waals surface area contributed by atoms with Gasteiger partial charge in [0.05, 0.1) is 0 Å². The zero-order valence-corrected chi connectivity index (χ0v) is 9.92. The van der Waals surface area contributed by atoms with E-state index in [-0.39, 0.29) is 5.69 Å². The molecule has 3 heteroatoms. The third kappa shape index (κ3) is 2.23. The fourth-order valence-corrected chi connectivity index (χ4v) is 1.81. The molecule has 0 aliphatic carbocycles. The number of hydrogen-bond acceptors (Lipinski definition) is 1. The number of nitrogens with zero attached hydrogens (tertiary/aromatic N) is 1. The van der Waals surface area contributed by atoms with Crippen molar-refractivity contribution >= 4 is 5.97 Å². The summed E-state index contributed by atoms with van der Waals surface area (Å²) in [5.74, 6) is -0.483. The molecule has 0 spiro atoms. The molecule has 0 unspecified atom stereocenters. The van der Waals surface area contributed by atoms with E-state index in [0.717, 1.165) is 5.69 Å². The van der Waals surface area contributed by atoms with Crippen LogP contribution in [0.3, 0.4) is 0 Å². The number of carboxylic acids is 1. The van der Waals surface area contributed by atoms with Gasteiger partial charge in [-0.1, -0.05) is 26.0 Å². The smallest absolute Gasteiger partial charge is 0.352 e. The first-order valence-corrected chi connectivity index (χ1v) is 5.60. The zero-order valence-electron chi connectivity index (χ0n) is 9.92. The predicted molar refractivity (Wildman–Crippen MR) is 66.8 cm³/mol. The molecule has 0 aliphatic rings. The van der Waals surface area contributed by atoms with Gasteiger partial charge in [0.1, 0.15) is 5.69 Å². The number of aromatic nitrogens is 1. The molecule has 1 aromatic heterocycles. The second kappa shape index (κ2) is 4.45. The normalized spacial score (nSPS) is 10.8. The minimum absolute atomic E-state index is 0.283. The summed E-state index contributed by atoms with van der Waals surface area (Å²) in [6.45, 7) is 4.24. The van der Waals surface area contributed by atoms with E-state index in [2.05, 4.69) is 19.9 Å². The molecule has 0 saturated heterocycles. The van der Waals surface area contributed by atoms with Crippen LogP contribution in [0.5, 0.6) is 0 Å². The van der Waals surface area contributed by atoms with Crippen LogP contribution in [0.25, 0.3) is 5.69 Å². The highest BCUT2D eigenvalue weighted by Gasteiger charge is 2.10. The lowest BCUT2D eigenvalue weighted by atomic mass is 10.0. The van der Waals surface area contributed by atoms with E-state index in [4.69, 9.17) is 5.11 Å². The topological polar surface area (TPSA) is 42.2 Å². The van der Waals surface area contributed by atoms with Crippen molar-refractivity contribution in [2.75, 3.05) is 0 Å². The fourth-order valence-electron chi connectivity index (χ4n) is 1.81. The summed E-state index contributed by atoms with van der Waals surface area (Å²) < 4.78 is 1.69. The van der Waals surface area contributed by atoms with Crippen molar-refractivity contribution in [3.63, 3.8) is 0 Å². The van der Waals surface area contributed by atoms with Crippen LogP contribution in [0.4, 0.5) is 0 Å². The molecule has 0 radical (unpaired) electrons. The maximum atomic E-state index is 11.1. The number of benzene rings is 1. The van der Waals surface area contributed by atoms with Gasteiger partial charge in [0, 0.05) is 11.9 Å². The van der Waals surface area contributed by atoms with Crippen LogP contribution < -0.4 is 0 Å². The van der Waals surface area contributed by atoms with Gasteiger partial charge in [-0.05, 0) is 35.7 Å². The lowest BCUT2D eigenvalue weighted by Gasteiger charge is -2.10. The molecule has 0 aliphatic heterocycles. The van der Waals surface area contributed by atoms with Gasteiger partial charge in [-0.25, -0.2) is 4.79 Å². The average Bonchev–Trinajstić information content (AvgIpc) is 2.78. The standard InChI is InChI=1S/C14H15NO2/c1-10(2)11-5-3-6-12(9-11)15-8-4-7-13(15)14(16)17/h3-10H,1-2H3,(H,16,17). The molecule has 3 nitrogen and oxygen atoms in total. The average molecular weight is 229 g/mol. The Hall–Kier alpha value is -2.03. The minimum Gasteiger partial charge on any atom is -0.477 e. The van der Waals surface area contributed by atoms with Crippen LogP contribution in [0.15, 0.2) is 42.6 Å². The van der Waals surface area contributed by atoms with Gasteiger partial charge in [-0.15, -0.1) is 0 Å². The second-order valence-corrected chi connectivity index (χ2v) is 4.32. The zero-order chi connectivity index (χ0) is 12.4. The summed E-state index contributed by atoms with van der Waals surface area (Å²) in [7, 11) is 0. The number of rotatable bonds is 3. The van der Waals surface area contributed by atoms with Crippen molar-refractivity contribution in [1.82, 2.24) is 4.57 Å². The first-order valence-electron chi connectivity index (χ1n) is 5.60. The maximum absolute atomic E-state index is 11.1. The molecule has 1 aromatic carbocycles. The molecule has 0 bridgehead atoms. The number of carbonyl (C=O) groups is 1. The van der Waals surface area contributed by atoms with Crippen molar-refractivity contribution in [3.8, 4) is 5.69 Å². The summed E-state index contributed by atoms with van der Waals surface area (Å²) in [5, 5.41) is 9.07. The maximum Gasteiger partial charge on any atom is 0.352 e. The van der Waals surface area contributed by atoms with Crippen LogP contribution in [0.2, 0.25) is 0 Å². The number of carboxylic acid groups (broad SMARTS) is 1. The monoisotopic (exact) mass is 229 g/mol. The SMILES string of the molecule is CC(C)c1cccc(-n2cccc2C(=O)O)c1. The fraction of sp³-hybridized carbons (Fsp3) is 0.214. The van der Waals surface area contributed by atoms with E-state index >= 15 is 0 Å². The van der Waals surface area contributed by atoms with Crippen molar-refractivity contribution in [2.45, 2.75) is 19.8 Å². The Morgan fingerprint density at radius 3 is 2.65 bits per heavy atom. The van der Waals surface area contributed by atoms with E-state index in [1.807, 2.05) is 18.2 Å². The summed E-state index contributed by atoms with van der Waals surface area (Å²) >= 11 is 0. The summed E-state index contributed by atoms with van der Waals surface area (Å²) in [4.78, 5) is 11.1. The van der Waals surface area contributed by atoms with Crippen molar-refractivity contribution in [3.05, 3.63) is 53.9 Å². The Labute approximate surface area is 100 Å². The van der Waals surface area contributed by atoms with E-state index in [9.17, 15) is 4.79 Å². The molecule has 17 heavy (non-hydrogen) atoms. The van der Waals surface area contributed by atoms with Gasteiger partial charge in [-0.2, -0.15) is 0 Å². The summed E-state index contributed by atoms with van der Waals surface area (Å²) in [6.07, 6.45) is 1.77. The Balaban J connectivity index is 2.49. The third-order valence-corrected chi connectivity index (χ3v) is 2.78. The molecule has 0 fully saturated rings. The molecular formula is C14H15NO2. The molecule has 0 amide bonds. The van der Waals surface area contributed by atoms with E-state index < -0.39 is 5.97 Å². The lowest BCUT2D eigenvalue weighted by molar-refractivity contribution is 0.0688. The van der Waals surface area contributed by atoms with Gasteiger partial charge in [0.25, 0.3) is 0 Å². The first-order chi connectivity index (χ1) is 8.09. The largest absolute Gasteiger partial charge is 0.477 e. The van der Waals surface area contributed by atoms with Gasteiger partial charge in [-0.3, -0.25) is 0 Å². The van der Waals surface area contributed by atoms with Crippen LogP contribution in [0, 0.1) is 0 Å². The van der Waals surface area contributed by atoms with Crippen molar-refractivity contribution < 1.29 is 9.90 Å². The van der Waals surface area contributed by atoms with Crippen LogP contribution in [0.1, 0.15) is 35.8 Å². The molecule has 2 rings (SSSR count). The highest BCUT2D eigenvalue weighted by Crippen LogP contribution is 2.19. The summed E-state index contributed by atoms with van der Waals surface area (Å²) in [5.41, 5.74) is 2.37. The molecular weight excluding hydrogens is 214 g/mol. The van der Waals surface area contributed by atoms with Gasteiger partial charge in [0.15, 0.2) is 0 Å². The van der Waals surface area contributed by atoms with Crippen molar-refractivity contribution in [1.29, 1.82) is 0 Å². The molecule has 0 saturated carbocycles. The quantitative estimate of drug-likeness (QED) is 0.877. The minimum atomic E-state index is -0.912. The van der Waals surface area contributed by atoms with Crippen LogP contribution >= 0.6 is 0 Å². The number of aromatic carboxylic acids is 1. The Morgan fingerprint density at radius 2 is 2.00 bits per heavy atom. The Bertz CT molecular complexity index is 541. The molecule has 0 atom stereocenters. The lowest BCUT2D eigenvalue weighted by Crippen LogP contribution is -2.06. The third-order valence-electron chi connectivity index (χ3n) is 2.78. The van der Waals surface area contributed by atoms with Crippen molar-refractivity contribution in [2.24, 2.45) is 0 Å². The van der Waals surface area contributed by atoms with Gasteiger partial charge in [0.2, 0.25) is 0 Å². The summed E-state index contributed by atoms with van der Waals surface area (Å²) in [6, 6.07) is 11.3. The van der Waals surface area contributed by atoms with E-state index in [0.29, 0.717) is 5.92 Å². The predicted octanol–water partition coefficient (Wildman–Crippen LogP) is 3.30. The molecule has 88 valence electrons. The van der Waals surface area contributed by atoms with Crippen LogP contribution in [-0.2, 0) is 0 Å². The molecule has 1 N–H and O–H groups in total. The van der Waals surface area contributed by atoms with E-state index in [1.165, 1.54) is 5.56 Å². The first kappa shape index (κ1) is 11.5. The molecule has 1 heterocycles. The number of hydrogen-bond donors (Lipinski definition) is 1. The van der Waals surface area contributed by atoms with Gasteiger partial charge >= 0.3 is 5.97 Å². The molecule has 2 aromatic rings. The second-order valence-electron chi connectivity index (χ2n) is 4.32. The van der Waals surface area contributed by atoms with Gasteiger partial charge < -0.3 is 9.67 Å². The van der Waals surface area contributed by atoms with Crippen LogP contribution in [-0.4, -0.2) is 15.6 Å². The van der Waals surface area contributed by atoms with E-state index in [1.54, 1.807) is 22.9 Å². The Morgan fingerprint density at radius 1 is 1.24 bits per heavy atom. The highest BCUT2D eigenvalue weighted by molar-refractivity contribution is 5.86. The highest BCUT2D eigenvalue weighted by atomic mass is 16.4.